The fourth-order valence-electron chi connectivity index (χ4n) is 1.87. The Labute approximate surface area is 105 Å². The quantitative estimate of drug-likeness (QED) is 0.779. The van der Waals surface area contributed by atoms with Crippen molar-refractivity contribution < 1.29 is 13.2 Å². The van der Waals surface area contributed by atoms with E-state index in [-0.39, 0.29) is 21.5 Å². The third-order valence-electron chi connectivity index (χ3n) is 2.73. The number of hydrogen-bond acceptors (Lipinski definition) is 1. The van der Waals surface area contributed by atoms with Crippen molar-refractivity contribution in [3.8, 4) is 0 Å². The molecule has 1 N–H and O–H groups in total. The summed E-state index contributed by atoms with van der Waals surface area (Å²) in [5.41, 5.74) is -1.31. The van der Waals surface area contributed by atoms with Crippen LogP contribution >= 0.6 is 11.6 Å². The number of benzene rings is 1. The van der Waals surface area contributed by atoms with Crippen LogP contribution in [0.4, 0.5) is 13.2 Å². The summed E-state index contributed by atoms with van der Waals surface area (Å²) in [6.07, 6.45) is -4.61. The van der Waals surface area contributed by atoms with Crippen LogP contribution in [0.15, 0.2) is 16.9 Å². The van der Waals surface area contributed by atoms with Crippen LogP contribution in [0.5, 0.6) is 0 Å². The maximum absolute atomic E-state index is 12.8. The summed E-state index contributed by atoms with van der Waals surface area (Å²) in [5, 5.41) is 0.276. The number of halogens is 4. The molecule has 0 fully saturated rings. The molecule has 2 aromatic rings. The van der Waals surface area contributed by atoms with Crippen molar-refractivity contribution in [3.05, 3.63) is 44.2 Å². The SMILES string of the molecule is Cc1cc(Cl)c2[nH]c(C(F)(F)F)c(C)c(=O)c2c1. The van der Waals surface area contributed by atoms with Gasteiger partial charge in [0.2, 0.25) is 0 Å². The van der Waals surface area contributed by atoms with Crippen molar-refractivity contribution in [1.82, 2.24) is 4.98 Å². The Morgan fingerprint density at radius 2 is 1.83 bits per heavy atom. The van der Waals surface area contributed by atoms with Gasteiger partial charge in [0.15, 0.2) is 5.43 Å². The first kappa shape index (κ1) is 13.0. The van der Waals surface area contributed by atoms with Crippen molar-refractivity contribution in [2.24, 2.45) is 0 Å². The highest BCUT2D eigenvalue weighted by molar-refractivity contribution is 6.35. The molecule has 0 atom stereocenters. The average Bonchev–Trinajstić information content (AvgIpc) is 2.22. The van der Waals surface area contributed by atoms with Crippen molar-refractivity contribution in [2.75, 3.05) is 0 Å². The van der Waals surface area contributed by atoms with E-state index in [0.29, 0.717) is 0 Å². The Kier molecular flexibility index (Phi) is 2.89. The third kappa shape index (κ3) is 1.99. The highest BCUT2D eigenvalue weighted by Gasteiger charge is 2.35. The molecule has 0 radical (unpaired) electrons. The van der Waals surface area contributed by atoms with Crippen LogP contribution in [0.25, 0.3) is 10.9 Å². The van der Waals surface area contributed by atoms with Crippen LogP contribution < -0.4 is 5.43 Å². The number of H-pyrrole nitrogens is 1. The van der Waals surface area contributed by atoms with Crippen LogP contribution in [0, 0.1) is 13.8 Å². The zero-order valence-electron chi connectivity index (χ0n) is 9.57. The summed E-state index contributed by atoms with van der Waals surface area (Å²) in [4.78, 5) is 14.1. The van der Waals surface area contributed by atoms with E-state index in [9.17, 15) is 18.0 Å². The molecule has 18 heavy (non-hydrogen) atoms. The summed E-state index contributed by atoms with van der Waals surface area (Å²) in [5.74, 6) is 0. The van der Waals surface area contributed by atoms with Crippen LogP contribution in [0.2, 0.25) is 5.02 Å². The Morgan fingerprint density at radius 3 is 2.39 bits per heavy atom. The van der Waals surface area contributed by atoms with E-state index >= 15 is 0 Å². The molecule has 0 aliphatic rings. The fourth-order valence-corrected chi connectivity index (χ4v) is 2.19. The van der Waals surface area contributed by atoms with E-state index in [1.165, 1.54) is 12.1 Å². The number of alkyl halides is 3. The molecule has 2 rings (SSSR count). The Balaban J connectivity index is 2.98. The first-order valence-electron chi connectivity index (χ1n) is 5.11. The number of nitrogens with one attached hydrogen (secondary N) is 1. The van der Waals surface area contributed by atoms with E-state index in [4.69, 9.17) is 11.6 Å². The molecule has 0 aliphatic carbocycles. The summed E-state index contributed by atoms with van der Waals surface area (Å²) in [6, 6.07) is 3.03. The molecule has 0 bridgehead atoms. The number of fused-ring (bicyclic) bond motifs is 1. The predicted octanol–water partition coefficient (Wildman–Crippen LogP) is 3.82. The topological polar surface area (TPSA) is 32.9 Å². The number of aromatic amines is 1. The monoisotopic (exact) mass is 275 g/mol. The molecule has 0 amide bonds. The molecule has 1 heterocycles. The first-order chi connectivity index (χ1) is 8.21. The molecule has 6 heteroatoms. The van der Waals surface area contributed by atoms with Crippen molar-refractivity contribution >= 4 is 22.5 Å². The number of hydrogen-bond donors (Lipinski definition) is 1. The summed E-state index contributed by atoms with van der Waals surface area (Å²) >= 11 is 5.87. The molecule has 1 aromatic heterocycles. The van der Waals surface area contributed by atoms with E-state index in [1.807, 2.05) is 0 Å². The van der Waals surface area contributed by atoms with Gasteiger partial charge in [-0.05, 0) is 31.5 Å². The van der Waals surface area contributed by atoms with E-state index < -0.39 is 17.3 Å². The highest BCUT2D eigenvalue weighted by atomic mass is 35.5. The molecule has 2 nitrogen and oxygen atoms in total. The van der Waals surface area contributed by atoms with Gasteiger partial charge in [-0.3, -0.25) is 4.79 Å². The van der Waals surface area contributed by atoms with Gasteiger partial charge in [0.1, 0.15) is 5.69 Å². The summed E-state index contributed by atoms with van der Waals surface area (Å²) in [6.45, 7) is 2.87. The second kappa shape index (κ2) is 4.02. The Hall–Kier alpha value is -1.49. The van der Waals surface area contributed by atoms with Gasteiger partial charge in [0.25, 0.3) is 0 Å². The molecular formula is C12H9ClF3NO. The lowest BCUT2D eigenvalue weighted by atomic mass is 10.1. The van der Waals surface area contributed by atoms with Gasteiger partial charge in [-0.2, -0.15) is 13.2 Å². The number of aromatic nitrogens is 1. The second-order valence-electron chi connectivity index (χ2n) is 4.12. The van der Waals surface area contributed by atoms with Crippen molar-refractivity contribution in [1.29, 1.82) is 0 Å². The Bertz CT molecular complexity index is 688. The minimum atomic E-state index is -4.61. The number of rotatable bonds is 0. The molecule has 0 aliphatic heterocycles. The zero-order valence-corrected chi connectivity index (χ0v) is 10.3. The predicted molar refractivity (Wildman–Crippen MR) is 64.1 cm³/mol. The molecule has 0 unspecified atom stereocenters. The third-order valence-corrected chi connectivity index (χ3v) is 3.03. The molecule has 0 saturated carbocycles. The minimum Gasteiger partial charge on any atom is -0.349 e. The van der Waals surface area contributed by atoms with Crippen LogP contribution in [-0.4, -0.2) is 4.98 Å². The van der Waals surface area contributed by atoms with Gasteiger partial charge >= 0.3 is 6.18 Å². The Morgan fingerprint density at radius 1 is 1.22 bits per heavy atom. The molecule has 0 spiro atoms. The highest BCUT2D eigenvalue weighted by Crippen LogP contribution is 2.31. The average molecular weight is 276 g/mol. The largest absolute Gasteiger partial charge is 0.431 e. The number of pyridine rings is 1. The lowest BCUT2D eigenvalue weighted by Crippen LogP contribution is -2.19. The fraction of sp³-hybridized carbons (Fsp3) is 0.250. The smallest absolute Gasteiger partial charge is 0.349 e. The van der Waals surface area contributed by atoms with Crippen molar-refractivity contribution in [2.45, 2.75) is 20.0 Å². The maximum atomic E-state index is 12.8. The minimum absolute atomic E-state index is 0.0187. The summed E-state index contributed by atoms with van der Waals surface area (Å²) < 4.78 is 38.3. The van der Waals surface area contributed by atoms with Crippen LogP contribution in [0.1, 0.15) is 16.8 Å². The first-order valence-corrected chi connectivity index (χ1v) is 5.49. The van der Waals surface area contributed by atoms with Gasteiger partial charge in [0.05, 0.1) is 10.5 Å². The van der Waals surface area contributed by atoms with Gasteiger partial charge in [-0.1, -0.05) is 11.6 Å². The molecular weight excluding hydrogens is 267 g/mol. The van der Waals surface area contributed by atoms with Gasteiger partial charge < -0.3 is 4.98 Å². The maximum Gasteiger partial charge on any atom is 0.431 e. The van der Waals surface area contributed by atoms with E-state index in [2.05, 4.69) is 4.98 Å². The standard InChI is InChI=1S/C12H9ClF3NO/c1-5-3-7-9(8(13)4-5)17-11(12(14,15)16)6(2)10(7)18/h3-4H,1-2H3,(H,17,18). The summed E-state index contributed by atoms with van der Waals surface area (Å²) in [7, 11) is 0. The van der Waals surface area contributed by atoms with E-state index in [0.717, 1.165) is 12.5 Å². The lowest BCUT2D eigenvalue weighted by Gasteiger charge is -2.12. The van der Waals surface area contributed by atoms with Crippen LogP contribution in [-0.2, 0) is 6.18 Å². The van der Waals surface area contributed by atoms with Crippen LogP contribution in [0.3, 0.4) is 0 Å². The zero-order chi connectivity index (χ0) is 13.7. The molecule has 0 saturated heterocycles. The lowest BCUT2D eigenvalue weighted by molar-refractivity contribution is -0.141. The van der Waals surface area contributed by atoms with Crippen molar-refractivity contribution in [3.63, 3.8) is 0 Å². The number of aryl methyl sites for hydroxylation is 1. The molecule has 1 aromatic carbocycles. The van der Waals surface area contributed by atoms with Gasteiger partial charge in [-0.15, -0.1) is 0 Å². The van der Waals surface area contributed by atoms with Gasteiger partial charge in [0, 0.05) is 10.9 Å². The van der Waals surface area contributed by atoms with E-state index in [1.54, 1.807) is 6.92 Å². The second-order valence-corrected chi connectivity index (χ2v) is 4.53. The normalized spacial score (nSPS) is 12.1. The molecule has 96 valence electrons. The van der Waals surface area contributed by atoms with Gasteiger partial charge in [-0.25, -0.2) is 0 Å².